The molecule has 124 valence electrons. The quantitative estimate of drug-likeness (QED) is 0.612. The Labute approximate surface area is 136 Å². The zero-order valence-corrected chi connectivity index (χ0v) is 15.0. The number of nitrogens with one attached hydrogen (secondary N) is 2. The van der Waals surface area contributed by atoms with Gasteiger partial charge in [-0.25, -0.2) is 13.4 Å². The van der Waals surface area contributed by atoms with Gasteiger partial charge < -0.3 is 10.6 Å². The maximum atomic E-state index is 11.4. The normalized spacial score (nSPS) is 21.0. The van der Waals surface area contributed by atoms with Crippen molar-refractivity contribution in [3.8, 4) is 0 Å². The molecule has 1 atom stereocenters. The minimum absolute atomic E-state index is 0.188. The number of hydrogen-bond donors (Lipinski definition) is 2. The Morgan fingerprint density at radius 2 is 2.18 bits per heavy atom. The summed E-state index contributed by atoms with van der Waals surface area (Å²) in [5.74, 6) is 1.50. The van der Waals surface area contributed by atoms with Crippen molar-refractivity contribution in [1.82, 2.24) is 15.6 Å². The molecule has 0 aromatic carbocycles. The molecule has 0 bridgehead atoms. The maximum Gasteiger partial charge on any atom is 0.190 e. The number of thiazole rings is 1. The van der Waals surface area contributed by atoms with Gasteiger partial charge in [0.2, 0.25) is 0 Å². The Balaban J connectivity index is 1.71. The van der Waals surface area contributed by atoms with Crippen molar-refractivity contribution in [2.24, 2.45) is 10.9 Å². The minimum atomic E-state index is -2.81. The molecular formula is C14H24N4O2S2. The van der Waals surface area contributed by atoms with Gasteiger partial charge in [0, 0.05) is 31.4 Å². The summed E-state index contributed by atoms with van der Waals surface area (Å²) in [6, 6.07) is 0. The molecule has 1 unspecified atom stereocenters. The van der Waals surface area contributed by atoms with Crippen molar-refractivity contribution in [2.45, 2.75) is 26.7 Å². The fourth-order valence-electron chi connectivity index (χ4n) is 2.43. The van der Waals surface area contributed by atoms with Gasteiger partial charge in [0.05, 0.1) is 22.2 Å². The van der Waals surface area contributed by atoms with Gasteiger partial charge in [-0.15, -0.1) is 11.3 Å². The van der Waals surface area contributed by atoms with Gasteiger partial charge in [0.15, 0.2) is 15.8 Å². The zero-order valence-electron chi connectivity index (χ0n) is 13.3. The van der Waals surface area contributed by atoms with E-state index in [0.717, 1.165) is 30.1 Å². The predicted octanol–water partition coefficient (Wildman–Crippen LogP) is 0.902. The highest BCUT2D eigenvalue weighted by Gasteiger charge is 2.27. The molecule has 2 N–H and O–H groups in total. The third-order valence-electron chi connectivity index (χ3n) is 3.81. The van der Waals surface area contributed by atoms with E-state index in [4.69, 9.17) is 0 Å². The summed E-state index contributed by atoms with van der Waals surface area (Å²) < 4.78 is 22.9. The van der Waals surface area contributed by atoms with E-state index in [0.29, 0.717) is 18.3 Å². The first-order valence-corrected chi connectivity index (χ1v) is 10.1. The van der Waals surface area contributed by atoms with Gasteiger partial charge in [-0.05, 0) is 26.2 Å². The van der Waals surface area contributed by atoms with Gasteiger partial charge in [0.25, 0.3) is 0 Å². The van der Waals surface area contributed by atoms with Crippen LogP contribution in [0, 0.1) is 19.8 Å². The predicted molar refractivity (Wildman–Crippen MR) is 91.4 cm³/mol. The Morgan fingerprint density at radius 1 is 1.41 bits per heavy atom. The van der Waals surface area contributed by atoms with Crippen molar-refractivity contribution >= 4 is 27.1 Å². The van der Waals surface area contributed by atoms with Crippen LogP contribution in [-0.2, 0) is 16.3 Å². The smallest absolute Gasteiger partial charge is 0.190 e. The van der Waals surface area contributed by atoms with E-state index in [1.807, 2.05) is 6.92 Å². The molecule has 0 aliphatic carbocycles. The van der Waals surface area contributed by atoms with Gasteiger partial charge in [-0.1, -0.05) is 0 Å². The van der Waals surface area contributed by atoms with E-state index >= 15 is 0 Å². The van der Waals surface area contributed by atoms with E-state index in [1.54, 1.807) is 18.4 Å². The van der Waals surface area contributed by atoms with E-state index in [1.165, 1.54) is 4.88 Å². The molecule has 1 fully saturated rings. The van der Waals surface area contributed by atoms with Crippen LogP contribution in [0.1, 0.15) is 22.0 Å². The third kappa shape index (κ3) is 4.95. The van der Waals surface area contributed by atoms with Crippen LogP contribution in [0.25, 0.3) is 0 Å². The van der Waals surface area contributed by atoms with Crippen molar-refractivity contribution in [3.63, 3.8) is 0 Å². The molecule has 6 nitrogen and oxygen atoms in total. The van der Waals surface area contributed by atoms with Crippen molar-refractivity contribution in [1.29, 1.82) is 0 Å². The number of nitrogens with zero attached hydrogens (tertiary/aromatic N) is 2. The summed E-state index contributed by atoms with van der Waals surface area (Å²) >= 11 is 1.73. The third-order valence-corrected chi connectivity index (χ3v) is 6.78. The summed E-state index contributed by atoms with van der Waals surface area (Å²) in [4.78, 5) is 9.94. The molecule has 2 rings (SSSR count). The lowest BCUT2D eigenvalue weighted by Crippen LogP contribution is -2.40. The molecule has 8 heteroatoms. The molecule has 1 aromatic rings. The molecule has 1 aliphatic heterocycles. The Hall–Kier alpha value is -1.15. The lowest BCUT2D eigenvalue weighted by molar-refractivity contribution is 0.567. The molecule has 1 aromatic heterocycles. The average Bonchev–Trinajstić information content (AvgIpc) is 2.96. The van der Waals surface area contributed by atoms with Crippen molar-refractivity contribution in [3.05, 3.63) is 15.6 Å². The molecule has 22 heavy (non-hydrogen) atoms. The number of hydrogen-bond acceptors (Lipinski definition) is 5. The van der Waals surface area contributed by atoms with Gasteiger partial charge in [-0.3, -0.25) is 4.99 Å². The van der Waals surface area contributed by atoms with E-state index in [9.17, 15) is 8.42 Å². The lowest BCUT2D eigenvalue weighted by atomic mass is 10.1. The van der Waals surface area contributed by atoms with Crippen LogP contribution in [0.2, 0.25) is 0 Å². The van der Waals surface area contributed by atoms with Crippen LogP contribution in [0.15, 0.2) is 4.99 Å². The van der Waals surface area contributed by atoms with E-state index < -0.39 is 9.84 Å². The SMILES string of the molecule is CN=C(NCCc1nc(C)c(C)s1)NCC1CCS(=O)(=O)C1. The molecule has 1 saturated heterocycles. The number of aryl methyl sites for hydroxylation is 2. The van der Waals surface area contributed by atoms with Gasteiger partial charge in [-0.2, -0.15) is 0 Å². The number of aliphatic imine (C=N–C) groups is 1. The first kappa shape index (κ1) is 17.2. The van der Waals surface area contributed by atoms with E-state index in [2.05, 4.69) is 27.5 Å². The summed E-state index contributed by atoms with van der Waals surface area (Å²) in [7, 11) is -1.09. The summed E-state index contributed by atoms with van der Waals surface area (Å²) in [6.07, 6.45) is 1.60. The van der Waals surface area contributed by atoms with Crippen LogP contribution >= 0.6 is 11.3 Å². The molecular weight excluding hydrogens is 320 g/mol. The van der Waals surface area contributed by atoms with Crippen LogP contribution < -0.4 is 10.6 Å². The summed E-state index contributed by atoms with van der Waals surface area (Å²) in [6.45, 7) is 5.52. The molecule has 2 heterocycles. The van der Waals surface area contributed by atoms with Gasteiger partial charge >= 0.3 is 0 Å². The topological polar surface area (TPSA) is 83.4 Å². The van der Waals surface area contributed by atoms with Crippen LogP contribution in [0.3, 0.4) is 0 Å². The number of aromatic nitrogens is 1. The molecule has 1 aliphatic rings. The maximum absolute atomic E-state index is 11.4. The molecule has 0 amide bonds. The second-order valence-electron chi connectivity index (χ2n) is 5.65. The number of sulfone groups is 1. The Bertz CT molecular complexity index is 618. The second kappa shape index (κ2) is 7.41. The van der Waals surface area contributed by atoms with Crippen LogP contribution in [-0.4, -0.2) is 51.0 Å². The highest BCUT2D eigenvalue weighted by molar-refractivity contribution is 7.91. The van der Waals surface area contributed by atoms with Gasteiger partial charge in [0.1, 0.15) is 0 Å². The fourth-order valence-corrected chi connectivity index (χ4v) is 5.22. The molecule has 0 radical (unpaired) electrons. The minimum Gasteiger partial charge on any atom is -0.356 e. The first-order chi connectivity index (χ1) is 10.4. The van der Waals surface area contributed by atoms with Crippen LogP contribution in [0.4, 0.5) is 0 Å². The number of rotatable bonds is 5. The van der Waals surface area contributed by atoms with Crippen LogP contribution in [0.5, 0.6) is 0 Å². The highest BCUT2D eigenvalue weighted by atomic mass is 32.2. The molecule has 0 spiro atoms. The Kier molecular flexibility index (Phi) is 5.80. The zero-order chi connectivity index (χ0) is 16.2. The lowest BCUT2D eigenvalue weighted by Gasteiger charge is -2.14. The second-order valence-corrected chi connectivity index (χ2v) is 9.16. The standard InChI is InChI=1S/C14H24N4O2S2/c1-10-11(2)21-13(18-10)4-6-16-14(15-3)17-8-12-5-7-22(19,20)9-12/h12H,4-9H2,1-3H3,(H2,15,16,17). The van der Waals surface area contributed by atoms with Crippen molar-refractivity contribution in [2.75, 3.05) is 31.6 Å². The Morgan fingerprint density at radius 3 is 2.73 bits per heavy atom. The largest absolute Gasteiger partial charge is 0.356 e. The molecule has 0 saturated carbocycles. The average molecular weight is 345 g/mol. The monoisotopic (exact) mass is 344 g/mol. The number of guanidine groups is 1. The van der Waals surface area contributed by atoms with E-state index in [-0.39, 0.29) is 11.7 Å². The first-order valence-electron chi connectivity index (χ1n) is 7.47. The fraction of sp³-hybridized carbons (Fsp3) is 0.714. The van der Waals surface area contributed by atoms with Crippen molar-refractivity contribution < 1.29 is 8.42 Å². The summed E-state index contributed by atoms with van der Waals surface area (Å²) in [5.41, 5.74) is 1.10. The highest BCUT2D eigenvalue weighted by Crippen LogP contribution is 2.17. The summed E-state index contributed by atoms with van der Waals surface area (Å²) in [5, 5.41) is 7.58.